The van der Waals surface area contributed by atoms with Gasteiger partial charge in [0.2, 0.25) is 0 Å². The molecule has 1 N–H and O–H groups in total. The van der Waals surface area contributed by atoms with Gasteiger partial charge < -0.3 is 5.32 Å². The quantitative estimate of drug-likeness (QED) is 0.596. The van der Waals surface area contributed by atoms with Crippen LogP contribution in [0.4, 0.5) is 0 Å². The molecule has 1 aliphatic heterocycles. The highest BCUT2D eigenvalue weighted by atomic mass is 15.2. The fourth-order valence-electron chi connectivity index (χ4n) is 3.47. The molecule has 0 amide bonds. The Labute approximate surface area is 127 Å². The Kier molecular flexibility index (Phi) is 9.54. The fraction of sp³-hybridized carbons (Fsp3) is 1.00. The lowest BCUT2D eigenvalue weighted by molar-refractivity contribution is 0.113. The SMILES string of the molecule is CCCCCCCN1CC(CC(C)C)NCC1CCC. The van der Waals surface area contributed by atoms with Crippen molar-refractivity contribution in [3.63, 3.8) is 0 Å². The molecule has 0 aliphatic carbocycles. The molecule has 120 valence electrons. The summed E-state index contributed by atoms with van der Waals surface area (Å²) in [6.45, 7) is 13.1. The molecule has 0 bridgehead atoms. The summed E-state index contributed by atoms with van der Waals surface area (Å²) in [7, 11) is 0. The van der Waals surface area contributed by atoms with E-state index in [0.29, 0.717) is 0 Å². The monoisotopic (exact) mass is 282 g/mol. The minimum absolute atomic E-state index is 0.721. The minimum Gasteiger partial charge on any atom is -0.311 e. The Hall–Kier alpha value is -0.0800. The third-order valence-electron chi connectivity index (χ3n) is 4.54. The van der Waals surface area contributed by atoms with E-state index in [1.165, 1.54) is 71.0 Å². The van der Waals surface area contributed by atoms with Gasteiger partial charge in [-0.1, -0.05) is 59.8 Å². The van der Waals surface area contributed by atoms with Crippen molar-refractivity contribution in [1.82, 2.24) is 10.2 Å². The van der Waals surface area contributed by atoms with E-state index in [4.69, 9.17) is 0 Å². The second-order valence-electron chi connectivity index (χ2n) is 7.09. The van der Waals surface area contributed by atoms with Crippen molar-refractivity contribution in [3.05, 3.63) is 0 Å². The van der Waals surface area contributed by atoms with E-state index in [2.05, 4.69) is 37.9 Å². The van der Waals surface area contributed by atoms with Gasteiger partial charge in [0.25, 0.3) is 0 Å². The first kappa shape index (κ1) is 18.0. The lowest BCUT2D eigenvalue weighted by Crippen LogP contribution is -2.56. The normalized spacial score (nSPS) is 24.4. The van der Waals surface area contributed by atoms with E-state index < -0.39 is 0 Å². The predicted molar refractivity (Wildman–Crippen MR) is 90.3 cm³/mol. The minimum atomic E-state index is 0.721. The zero-order valence-electron chi connectivity index (χ0n) is 14.5. The molecule has 1 rings (SSSR count). The van der Waals surface area contributed by atoms with Crippen LogP contribution >= 0.6 is 0 Å². The highest BCUT2D eigenvalue weighted by molar-refractivity contribution is 4.86. The molecular formula is C18H38N2. The Morgan fingerprint density at radius 1 is 1.05 bits per heavy atom. The van der Waals surface area contributed by atoms with Crippen LogP contribution in [0.1, 0.15) is 79.1 Å². The van der Waals surface area contributed by atoms with Crippen molar-refractivity contribution in [2.24, 2.45) is 5.92 Å². The molecule has 1 heterocycles. The Balaban J connectivity index is 2.34. The zero-order chi connectivity index (χ0) is 14.8. The summed E-state index contributed by atoms with van der Waals surface area (Å²) in [4.78, 5) is 2.79. The van der Waals surface area contributed by atoms with Gasteiger partial charge in [0.1, 0.15) is 0 Å². The summed E-state index contributed by atoms with van der Waals surface area (Å²) in [5.74, 6) is 0.807. The number of hydrogen-bond acceptors (Lipinski definition) is 2. The van der Waals surface area contributed by atoms with Crippen molar-refractivity contribution in [3.8, 4) is 0 Å². The molecule has 20 heavy (non-hydrogen) atoms. The van der Waals surface area contributed by atoms with Crippen molar-refractivity contribution in [2.75, 3.05) is 19.6 Å². The van der Waals surface area contributed by atoms with Crippen LogP contribution in [0.2, 0.25) is 0 Å². The number of unbranched alkanes of at least 4 members (excludes halogenated alkanes) is 4. The smallest absolute Gasteiger partial charge is 0.0221 e. The number of nitrogens with zero attached hydrogens (tertiary/aromatic N) is 1. The van der Waals surface area contributed by atoms with Gasteiger partial charge in [-0.25, -0.2) is 0 Å². The van der Waals surface area contributed by atoms with Crippen LogP contribution in [-0.2, 0) is 0 Å². The summed E-state index contributed by atoms with van der Waals surface area (Å²) in [5, 5.41) is 3.78. The van der Waals surface area contributed by atoms with Crippen LogP contribution in [0.25, 0.3) is 0 Å². The molecule has 0 aromatic heterocycles. The van der Waals surface area contributed by atoms with E-state index in [9.17, 15) is 0 Å². The molecule has 2 heteroatoms. The van der Waals surface area contributed by atoms with Crippen molar-refractivity contribution in [2.45, 2.75) is 91.1 Å². The predicted octanol–water partition coefficient (Wildman–Crippen LogP) is 4.45. The van der Waals surface area contributed by atoms with Gasteiger partial charge in [-0.05, 0) is 31.7 Å². The van der Waals surface area contributed by atoms with Crippen LogP contribution in [0, 0.1) is 5.92 Å². The molecule has 1 aliphatic rings. The van der Waals surface area contributed by atoms with Crippen molar-refractivity contribution >= 4 is 0 Å². The number of hydrogen-bond donors (Lipinski definition) is 1. The first-order valence-corrected chi connectivity index (χ1v) is 9.14. The van der Waals surface area contributed by atoms with Gasteiger partial charge in [0, 0.05) is 25.2 Å². The van der Waals surface area contributed by atoms with E-state index in [1.54, 1.807) is 0 Å². The molecule has 2 atom stereocenters. The third kappa shape index (κ3) is 7.08. The average Bonchev–Trinajstić information content (AvgIpc) is 2.41. The lowest BCUT2D eigenvalue weighted by Gasteiger charge is -2.41. The van der Waals surface area contributed by atoms with Crippen LogP contribution in [0.5, 0.6) is 0 Å². The van der Waals surface area contributed by atoms with Crippen LogP contribution in [-0.4, -0.2) is 36.6 Å². The maximum absolute atomic E-state index is 3.78. The van der Waals surface area contributed by atoms with Gasteiger partial charge in [0.15, 0.2) is 0 Å². The maximum atomic E-state index is 3.78. The molecule has 0 saturated carbocycles. The Bertz CT molecular complexity index is 227. The van der Waals surface area contributed by atoms with Crippen molar-refractivity contribution < 1.29 is 0 Å². The van der Waals surface area contributed by atoms with E-state index in [1.807, 2.05) is 0 Å². The molecule has 2 nitrogen and oxygen atoms in total. The first-order valence-electron chi connectivity index (χ1n) is 9.14. The molecule has 2 unspecified atom stereocenters. The number of rotatable bonds is 10. The third-order valence-corrected chi connectivity index (χ3v) is 4.54. The van der Waals surface area contributed by atoms with Crippen LogP contribution in [0.3, 0.4) is 0 Å². The van der Waals surface area contributed by atoms with E-state index >= 15 is 0 Å². The fourth-order valence-corrected chi connectivity index (χ4v) is 3.47. The van der Waals surface area contributed by atoms with Gasteiger partial charge in [-0.3, -0.25) is 4.90 Å². The summed E-state index contributed by atoms with van der Waals surface area (Å²) in [6, 6.07) is 1.51. The molecule has 0 spiro atoms. The van der Waals surface area contributed by atoms with Gasteiger partial charge in [-0.15, -0.1) is 0 Å². The summed E-state index contributed by atoms with van der Waals surface area (Å²) < 4.78 is 0. The van der Waals surface area contributed by atoms with Gasteiger partial charge in [0.05, 0.1) is 0 Å². The van der Waals surface area contributed by atoms with E-state index in [-0.39, 0.29) is 0 Å². The number of nitrogens with one attached hydrogen (secondary N) is 1. The zero-order valence-corrected chi connectivity index (χ0v) is 14.5. The summed E-state index contributed by atoms with van der Waals surface area (Å²) in [5.41, 5.74) is 0. The van der Waals surface area contributed by atoms with Crippen molar-refractivity contribution in [1.29, 1.82) is 0 Å². The summed E-state index contributed by atoms with van der Waals surface area (Å²) >= 11 is 0. The lowest BCUT2D eigenvalue weighted by atomic mass is 9.98. The standard InChI is InChI=1S/C18H38N2/c1-5-7-8-9-10-12-20-15-17(13-16(3)4)19-14-18(20)11-6-2/h16-19H,5-15H2,1-4H3. The molecule has 0 aromatic rings. The van der Waals surface area contributed by atoms with Crippen LogP contribution in [0.15, 0.2) is 0 Å². The van der Waals surface area contributed by atoms with Gasteiger partial charge >= 0.3 is 0 Å². The largest absolute Gasteiger partial charge is 0.311 e. The topological polar surface area (TPSA) is 15.3 Å². The molecule has 0 radical (unpaired) electrons. The average molecular weight is 283 g/mol. The van der Waals surface area contributed by atoms with E-state index in [0.717, 1.165) is 18.0 Å². The summed E-state index contributed by atoms with van der Waals surface area (Å²) in [6.07, 6.45) is 11.0. The molecule has 1 saturated heterocycles. The maximum Gasteiger partial charge on any atom is 0.0221 e. The number of piperazine rings is 1. The molecule has 1 fully saturated rings. The molecule has 0 aromatic carbocycles. The molecular weight excluding hydrogens is 244 g/mol. The Morgan fingerprint density at radius 2 is 1.80 bits per heavy atom. The second-order valence-corrected chi connectivity index (χ2v) is 7.09. The van der Waals surface area contributed by atoms with Crippen LogP contribution < -0.4 is 5.32 Å². The van der Waals surface area contributed by atoms with Gasteiger partial charge in [-0.2, -0.15) is 0 Å². The highest BCUT2D eigenvalue weighted by Gasteiger charge is 2.26. The first-order chi connectivity index (χ1) is 9.67. The Morgan fingerprint density at radius 3 is 2.45 bits per heavy atom. The highest BCUT2D eigenvalue weighted by Crippen LogP contribution is 2.17. The second kappa shape index (κ2) is 10.6.